The number of nitrogens with zero attached hydrogens (tertiary/aromatic N) is 1. The SMILES string of the molecule is COc1ccc(NC(N)=NCC2COCCO2)cc1Cl.I. The lowest BCUT2D eigenvalue weighted by atomic mass is 10.3. The van der Waals surface area contributed by atoms with Crippen molar-refractivity contribution in [2.75, 3.05) is 38.8 Å². The Hall–Kier alpha value is -0.770. The molecule has 2 rings (SSSR count). The summed E-state index contributed by atoms with van der Waals surface area (Å²) in [7, 11) is 1.57. The second kappa shape index (κ2) is 9.29. The Morgan fingerprint density at radius 3 is 2.95 bits per heavy atom. The molecule has 1 fully saturated rings. The zero-order valence-corrected chi connectivity index (χ0v) is 14.8. The van der Waals surface area contributed by atoms with Gasteiger partial charge in [0.05, 0.1) is 38.5 Å². The number of nitrogens with one attached hydrogen (secondary N) is 1. The fourth-order valence-corrected chi connectivity index (χ4v) is 2.03. The van der Waals surface area contributed by atoms with Crippen molar-refractivity contribution < 1.29 is 14.2 Å². The molecule has 1 unspecified atom stereocenters. The van der Waals surface area contributed by atoms with Gasteiger partial charge < -0.3 is 25.3 Å². The van der Waals surface area contributed by atoms with E-state index in [1.54, 1.807) is 19.2 Å². The van der Waals surface area contributed by atoms with Crippen molar-refractivity contribution in [3.63, 3.8) is 0 Å². The predicted molar refractivity (Wildman–Crippen MR) is 94.1 cm³/mol. The molecule has 0 bridgehead atoms. The van der Waals surface area contributed by atoms with Crippen LogP contribution in [0.2, 0.25) is 5.02 Å². The van der Waals surface area contributed by atoms with E-state index in [9.17, 15) is 0 Å². The van der Waals surface area contributed by atoms with Crippen molar-refractivity contribution in [3.8, 4) is 5.75 Å². The molecule has 1 aliphatic rings. The average Bonchev–Trinajstić information content (AvgIpc) is 2.46. The van der Waals surface area contributed by atoms with Crippen LogP contribution in [-0.4, -0.2) is 45.5 Å². The molecular weight excluding hydrogens is 409 g/mol. The molecule has 118 valence electrons. The highest BCUT2D eigenvalue weighted by molar-refractivity contribution is 14.0. The summed E-state index contributed by atoms with van der Waals surface area (Å²) in [5, 5.41) is 3.47. The maximum atomic E-state index is 6.03. The van der Waals surface area contributed by atoms with Crippen molar-refractivity contribution in [2.24, 2.45) is 10.7 Å². The molecule has 1 heterocycles. The van der Waals surface area contributed by atoms with E-state index in [2.05, 4.69) is 10.3 Å². The van der Waals surface area contributed by atoms with Gasteiger partial charge in [-0.25, -0.2) is 0 Å². The van der Waals surface area contributed by atoms with Gasteiger partial charge in [-0.05, 0) is 18.2 Å². The molecule has 1 aromatic rings. The van der Waals surface area contributed by atoms with Gasteiger partial charge >= 0.3 is 0 Å². The first-order valence-electron chi connectivity index (χ1n) is 6.29. The smallest absolute Gasteiger partial charge is 0.193 e. The van der Waals surface area contributed by atoms with Crippen molar-refractivity contribution in [2.45, 2.75) is 6.10 Å². The molecule has 1 aromatic carbocycles. The molecule has 0 spiro atoms. The quantitative estimate of drug-likeness (QED) is 0.437. The van der Waals surface area contributed by atoms with Crippen LogP contribution in [0.5, 0.6) is 5.75 Å². The van der Waals surface area contributed by atoms with Crippen LogP contribution in [0.25, 0.3) is 0 Å². The highest BCUT2D eigenvalue weighted by Crippen LogP contribution is 2.26. The zero-order valence-electron chi connectivity index (χ0n) is 11.7. The fraction of sp³-hybridized carbons (Fsp3) is 0.462. The monoisotopic (exact) mass is 427 g/mol. The van der Waals surface area contributed by atoms with Gasteiger partial charge in [-0.1, -0.05) is 11.6 Å². The Bertz CT molecular complexity index is 482. The van der Waals surface area contributed by atoms with Gasteiger partial charge in [-0.15, -0.1) is 24.0 Å². The summed E-state index contributed by atoms with van der Waals surface area (Å²) in [5.41, 5.74) is 6.56. The lowest BCUT2D eigenvalue weighted by molar-refractivity contribution is -0.0832. The number of ether oxygens (including phenoxy) is 3. The van der Waals surface area contributed by atoms with Gasteiger partial charge in [-0.2, -0.15) is 0 Å². The highest BCUT2D eigenvalue weighted by atomic mass is 127. The molecular formula is C13H19ClIN3O3. The maximum Gasteiger partial charge on any atom is 0.193 e. The topological polar surface area (TPSA) is 78.1 Å². The van der Waals surface area contributed by atoms with Gasteiger partial charge in [0, 0.05) is 5.69 Å². The Balaban J connectivity index is 0.00000220. The first-order valence-corrected chi connectivity index (χ1v) is 6.66. The number of hydrogen-bond donors (Lipinski definition) is 2. The Morgan fingerprint density at radius 1 is 1.52 bits per heavy atom. The summed E-state index contributed by atoms with van der Waals surface area (Å²) in [5.74, 6) is 0.917. The van der Waals surface area contributed by atoms with Gasteiger partial charge in [0.15, 0.2) is 5.96 Å². The normalized spacial score (nSPS) is 18.8. The van der Waals surface area contributed by atoms with E-state index < -0.39 is 0 Å². The molecule has 0 aromatic heterocycles. The summed E-state index contributed by atoms with van der Waals surface area (Å²) < 4.78 is 15.8. The maximum absolute atomic E-state index is 6.03. The van der Waals surface area contributed by atoms with E-state index in [-0.39, 0.29) is 30.1 Å². The largest absolute Gasteiger partial charge is 0.495 e. The second-order valence-electron chi connectivity index (χ2n) is 4.27. The molecule has 0 aliphatic carbocycles. The van der Waals surface area contributed by atoms with E-state index in [4.69, 9.17) is 31.5 Å². The van der Waals surface area contributed by atoms with Crippen LogP contribution in [0.1, 0.15) is 0 Å². The Kier molecular flexibility index (Phi) is 8.09. The van der Waals surface area contributed by atoms with Crippen molar-refractivity contribution >= 4 is 47.2 Å². The van der Waals surface area contributed by atoms with E-state index in [0.717, 1.165) is 5.69 Å². The third-order valence-corrected chi connectivity index (χ3v) is 3.07. The van der Waals surface area contributed by atoms with Gasteiger partial charge in [0.1, 0.15) is 11.9 Å². The minimum absolute atomic E-state index is 0. The van der Waals surface area contributed by atoms with Crippen LogP contribution >= 0.6 is 35.6 Å². The van der Waals surface area contributed by atoms with Gasteiger partial charge in [-0.3, -0.25) is 4.99 Å². The molecule has 8 heteroatoms. The number of hydrogen-bond acceptors (Lipinski definition) is 4. The molecule has 1 aliphatic heterocycles. The van der Waals surface area contributed by atoms with Crippen molar-refractivity contribution in [3.05, 3.63) is 23.2 Å². The van der Waals surface area contributed by atoms with E-state index in [1.807, 2.05) is 6.07 Å². The summed E-state index contributed by atoms with van der Waals surface area (Å²) in [6.07, 6.45) is -0.0384. The lowest BCUT2D eigenvalue weighted by Crippen LogP contribution is -2.32. The highest BCUT2D eigenvalue weighted by Gasteiger charge is 2.13. The molecule has 0 amide bonds. The summed E-state index contributed by atoms with van der Waals surface area (Å²) in [6, 6.07) is 5.30. The van der Waals surface area contributed by atoms with Crippen molar-refractivity contribution in [1.82, 2.24) is 0 Å². The number of guanidine groups is 1. The number of aliphatic imine (C=N–C) groups is 1. The average molecular weight is 428 g/mol. The van der Waals surface area contributed by atoms with Crippen LogP contribution < -0.4 is 15.8 Å². The van der Waals surface area contributed by atoms with Crippen LogP contribution in [0.3, 0.4) is 0 Å². The molecule has 1 saturated heterocycles. The minimum atomic E-state index is -0.0384. The predicted octanol–water partition coefficient (Wildman–Crippen LogP) is 2.11. The van der Waals surface area contributed by atoms with Gasteiger partial charge in [0.2, 0.25) is 0 Å². The standard InChI is InChI=1S/C13H18ClN3O3.HI/c1-18-12-3-2-9(6-11(12)14)17-13(15)16-7-10-8-19-4-5-20-10;/h2-3,6,10H,4-5,7-8H2,1H3,(H3,15,16,17);1H. The fourth-order valence-electron chi connectivity index (χ4n) is 1.77. The molecule has 0 saturated carbocycles. The zero-order chi connectivity index (χ0) is 14.4. The summed E-state index contributed by atoms with van der Waals surface area (Å²) in [6.45, 7) is 2.24. The number of methoxy groups -OCH3 is 1. The first-order chi connectivity index (χ1) is 9.69. The molecule has 0 radical (unpaired) electrons. The Morgan fingerprint density at radius 2 is 2.33 bits per heavy atom. The number of benzene rings is 1. The number of halogens is 2. The Labute approximate surface area is 146 Å². The van der Waals surface area contributed by atoms with Crippen LogP contribution in [0.15, 0.2) is 23.2 Å². The lowest BCUT2D eigenvalue weighted by Gasteiger charge is -2.21. The van der Waals surface area contributed by atoms with E-state index >= 15 is 0 Å². The van der Waals surface area contributed by atoms with E-state index in [0.29, 0.717) is 43.1 Å². The van der Waals surface area contributed by atoms with Crippen LogP contribution in [-0.2, 0) is 9.47 Å². The second-order valence-corrected chi connectivity index (χ2v) is 4.68. The van der Waals surface area contributed by atoms with Crippen molar-refractivity contribution in [1.29, 1.82) is 0 Å². The van der Waals surface area contributed by atoms with E-state index in [1.165, 1.54) is 0 Å². The molecule has 6 nitrogen and oxygen atoms in total. The summed E-state index contributed by atoms with van der Waals surface area (Å²) >= 11 is 6.03. The third-order valence-electron chi connectivity index (χ3n) is 2.77. The first kappa shape index (κ1) is 18.3. The van der Waals surface area contributed by atoms with Crippen LogP contribution in [0, 0.1) is 0 Å². The third kappa shape index (κ3) is 5.85. The number of rotatable bonds is 4. The van der Waals surface area contributed by atoms with Crippen LogP contribution in [0.4, 0.5) is 5.69 Å². The summed E-state index contributed by atoms with van der Waals surface area (Å²) in [4.78, 5) is 4.22. The molecule has 3 N–H and O–H groups in total. The van der Waals surface area contributed by atoms with Gasteiger partial charge in [0.25, 0.3) is 0 Å². The number of nitrogens with two attached hydrogens (primary N) is 1. The number of anilines is 1. The minimum Gasteiger partial charge on any atom is -0.495 e. The molecule has 21 heavy (non-hydrogen) atoms. The molecule has 1 atom stereocenters.